The first kappa shape index (κ1) is 21.5. The van der Waals surface area contributed by atoms with Gasteiger partial charge in [0.2, 0.25) is 5.91 Å². The van der Waals surface area contributed by atoms with Crippen molar-refractivity contribution in [2.24, 2.45) is 5.92 Å². The van der Waals surface area contributed by atoms with E-state index in [1.54, 1.807) is 25.1 Å². The number of carbonyl (C=O) groups is 3. The van der Waals surface area contributed by atoms with E-state index in [4.69, 9.17) is 30.7 Å². The van der Waals surface area contributed by atoms with Crippen molar-refractivity contribution in [3.63, 3.8) is 0 Å². The molecular weight excluding hydrogens is 390 g/mol. The molecule has 2 aromatic rings. The van der Waals surface area contributed by atoms with Crippen LogP contribution in [-0.2, 0) is 19.1 Å². The molecule has 0 radical (unpaired) electrons. The third-order valence-electron chi connectivity index (χ3n) is 4.11. The summed E-state index contributed by atoms with van der Waals surface area (Å²) in [7, 11) is 0. The standard InChI is InChI=1S/C17H20ClN3O4.CH2O2/c1-2-24-15(22)9-19-16(23)11-4-3-7-21(10-11)17-20-13-8-12(18)5-6-14(13)25-17;2-1-3/h5-6,8,11H,2-4,7,9-10H2,1H3,(H,19,23);1H,(H,2,3). The molecule has 1 aromatic heterocycles. The maximum Gasteiger partial charge on any atom is 0.325 e. The van der Waals surface area contributed by atoms with E-state index in [1.807, 2.05) is 4.90 Å². The average molecular weight is 412 g/mol. The van der Waals surface area contributed by atoms with Gasteiger partial charge in [0.1, 0.15) is 12.1 Å². The highest BCUT2D eigenvalue weighted by Crippen LogP contribution is 2.27. The quantitative estimate of drug-likeness (QED) is 0.566. The number of halogens is 1. The number of ether oxygens (including phenoxy) is 1. The van der Waals surface area contributed by atoms with Crippen molar-refractivity contribution in [1.82, 2.24) is 10.3 Å². The SMILES string of the molecule is CCOC(=O)CNC(=O)C1CCCN(c2nc3cc(Cl)ccc3o2)C1.O=CO. The van der Waals surface area contributed by atoms with E-state index in [1.165, 1.54) is 0 Å². The molecule has 0 bridgehead atoms. The van der Waals surface area contributed by atoms with Gasteiger partial charge in [0.25, 0.3) is 12.5 Å². The van der Waals surface area contributed by atoms with Gasteiger partial charge in [-0.1, -0.05) is 11.6 Å². The molecule has 152 valence electrons. The maximum atomic E-state index is 12.3. The number of hydrogen-bond acceptors (Lipinski definition) is 7. The normalized spacial score (nSPS) is 16.1. The van der Waals surface area contributed by atoms with E-state index in [-0.39, 0.29) is 24.8 Å². The van der Waals surface area contributed by atoms with Gasteiger partial charge in [-0.05, 0) is 38.0 Å². The van der Waals surface area contributed by atoms with Crippen molar-refractivity contribution >= 4 is 47.1 Å². The molecular formula is C18H22ClN3O6. The fourth-order valence-electron chi connectivity index (χ4n) is 2.90. The van der Waals surface area contributed by atoms with Crippen molar-refractivity contribution in [3.8, 4) is 0 Å². The number of aromatic nitrogens is 1. The minimum atomic E-state index is -0.431. The van der Waals surface area contributed by atoms with Crippen LogP contribution in [0.2, 0.25) is 5.02 Å². The van der Waals surface area contributed by atoms with Gasteiger partial charge in [-0.3, -0.25) is 14.4 Å². The number of rotatable bonds is 5. The molecule has 1 aliphatic rings. The van der Waals surface area contributed by atoms with Crippen molar-refractivity contribution in [1.29, 1.82) is 0 Å². The zero-order chi connectivity index (χ0) is 20.5. The number of benzene rings is 1. The first-order valence-electron chi connectivity index (χ1n) is 8.80. The predicted octanol–water partition coefficient (Wildman–Crippen LogP) is 2.08. The molecule has 1 aromatic carbocycles. The van der Waals surface area contributed by atoms with Crippen LogP contribution in [-0.4, -0.2) is 54.7 Å². The summed E-state index contributed by atoms with van der Waals surface area (Å²) < 4.78 is 10.6. The molecule has 1 fully saturated rings. The van der Waals surface area contributed by atoms with Gasteiger partial charge in [0, 0.05) is 18.1 Å². The van der Waals surface area contributed by atoms with Crippen molar-refractivity contribution in [3.05, 3.63) is 23.2 Å². The van der Waals surface area contributed by atoms with Gasteiger partial charge < -0.3 is 24.5 Å². The van der Waals surface area contributed by atoms with Gasteiger partial charge in [0.15, 0.2) is 5.58 Å². The molecule has 2 heterocycles. The van der Waals surface area contributed by atoms with Crippen LogP contribution >= 0.6 is 11.6 Å². The lowest BCUT2D eigenvalue weighted by atomic mass is 9.97. The minimum absolute atomic E-state index is 0.107. The number of oxazole rings is 1. The molecule has 3 rings (SSSR count). The number of carbonyl (C=O) groups excluding carboxylic acids is 2. The number of anilines is 1. The Morgan fingerprint density at radius 1 is 1.50 bits per heavy atom. The number of nitrogens with one attached hydrogen (secondary N) is 1. The minimum Gasteiger partial charge on any atom is -0.483 e. The highest BCUT2D eigenvalue weighted by atomic mass is 35.5. The number of nitrogens with zero attached hydrogens (tertiary/aromatic N) is 2. The maximum absolute atomic E-state index is 12.3. The zero-order valence-corrected chi connectivity index (χ0v) is 16.1. The van der Waals surface area contributed by atoms with Crippen LogP contribution in [0.4, 0.5) is 6.01 Å². The second-order valence-electron chi connectivity index (χ2n) is 6.02. The highest BCUT2D eigenvalue weighted by molar-refractivity contribution is 6.31. The molecule has 28 heavy (non-hydrogen) atoms. The summed E-state index contributed by atoms with van der Waals surface area (Å²) in [6.07, 6.45) is 1.61. The van der Waals surface area contributed by atoms with E-state index < -0.39 is 5.97 Å². The van der Waals surface area contributed by atoms with Gasteiger partial charge in [-0.2, -0.15) is 4.98 Å². The second-order valence-corrected chi connectivity index (χ2v) is 6.46. The Labute approximate surface area is 166 Å². The third-order valence-corrected chi connectivity index (χ3v) is 4.35. The fourth-order valence-corrected chi connectivity index (χ4v) is 3.07. The van der Waals surface area contributed by atoms with Gasteiger partial charge in [-0.25, -0.2) is 0 Å². The monoisotopic (exact) mass is 411 g/mol. The van der Waals surface area contributed by atoms with Crippen LogP contribution in [0.15, 0.2) is 22.6 Å². The van der Waals surface area contributed by atoms with Crippen LogP contribution in [0.25, 0.3) is 11.1 Å². The van der Waals surface area contributed by atoms with E-state index in [2.05, 4.69) is 10.3 Å². The smallest absolute Gasteiger partial charge is 0.325 e. The lowest BCUT2D eigenvalue weighted by Gasteiger charge is -2.30. The molecule has 1 unspecified atom stereocenters. The summed E-state index contributed by atoms with van der Waals surface area (Å²) in [5.41, 5.74) is 1.35. The van der Waals surface area contributed by atoms with Gasteiger partial charge in [-0.15, -0.1) is 0 Å². The van der Waals surface area contributed by atoms with E-state index in [9.17, 15) is 9.59 Å². The summed E-state index contributed by atoms with van der Waals surface area (Å²) in [5, 5.41) is 10.1. The summed E-state index contributed by atoms with van der Waals surface area (Å²) >= 11 is 5.98. The molecule has 9 nitrogen and oxygen atoms in total. The Morgan fingerprint density at radius 3 is 2.96 bits per heavy atom. The molecule has 1 atom stereocenters. The molecule has 1 aliphatic heterocycles. The average Bonchev–Trinajstić information content (AvgIpc) is 3.10. The summed E-state index contributed by atoms with van der Waals surface area (Å²) in [5.74, 6) is -0.807. The summed E-state index contributed by atoms with van der Waals surface area (Å²) in [6.45, 7) is 2.93. The van der Waals surface area contributed by atoms with E-state index >= 15 is 0 Å². The van der Waals surface area contributed by atoms with Crippen molar-refractivity contribution in [2.45, 2.75) is 19.8 Å². The Balaban J connectivity index is 0.000000878. The molecule has 1 amide bonds. The number of carboxylic acid groups (broad SMARTS) is 1. The first-order chi connectivity index (χ1) is 13.5. The number of amides is 1. The lowest BCUT2D eigenvalue weighted by Crippen LogP contribution is -2.44. The Bertz CT molecular complexity index is 825. The summed E-state index contributed by atoms with van der Waals surface area (Å²) in [6, 6.07) is 5.76. The van der Waals surface area contributed by atoms with Gasteiger partial charge >= 0.3 is 5.97 Å². The number of fused-ring (bicyclic) bond motifs is 1. The van der Waals surface area contributed by atoms with Crippen molar-refractivity contribution < 1.29 is 28.6 Å². The van der Waals surface area contributed by atoms with E-state index in [0.29, 0.717) is 35.3 Å². The van der Waals surface area contributed by atoms with E-state index in [0.717, 1.165) is 19.4 Å². The first-order valence-corrected chi connectivity index (χ1v) is 9.18. The lowest BCUT2D eigenvalue weighted by molar-refractivity contribution is -0.143. The molecule has 10 heteroatoms. The zero-order valence-electron chi connectivity index (χ0n) is 15.4. The Hall–Kier alpha value is -2.81. The number of hydrogen-bond donors (Lipinski definition) is 2. The molecule has 0 spiro atoms. The Kier molecular flexibility index (Phi) is 8.06. The number of esters is 1. The topological polar surface area (TPSA) is 122 Å². The number of piperidine rings is 1. The van der Waals surface area contributed by atoms with Crippen LogP contribution in [0, 0.1) is 5.92 Å². The van der Waals surface area contributed by atoms with Crippen LogP contribution < -0.4 is 10.2 Å². The Morgan fingerprint density at radius 2 is 2.25 bits per heavy atom. The second kappa shape index (κ2) is 10.5. The molecule has 0 aliphatic carbocycles. The molecule has 1 saturated heterocycles. The molecule has 2 N–H and O–H groups in total. The predicted molar refractivity (Wildman–Crippen MR) is 102 cm³/mol. The molecule has 0 saturated carbocycles. The van der Waals surface area contributed by atoms with Crippen molar-refractivity contribution in [2.75, 3.05) is 31.1 Å². The highest BCUT2D eigenvalue weighted by Gasteiger charge is 2.28. The van der Waals surface area contributed by atoms with Crippen LogP contribution in [0.1, 0.15) is 19.8 Å². The largest absolute Gasteiger partial charge is 0.483 e. The van der Waals surface area contributed by atoms with Gasteiger partial charge in [0.05, 0.1) is 12.5 Å². The van der Waals surface area contributed by atoms with Crippen LogP contribution in [0.3, 0.4) is 0 Å². The van der Waals surface area contributed by atoms with Crippen LogP contribution in [0.5, 0.6) is 0 Å². The summed E-state index contributed by atoms with van der Waals surface area (Å²) in [4.78, 5) is 38.4. The third kappa shape index (κ3) is 5.85. The fraction of sp³-hybridized carbons (Fsp3) is 0.444.